The van der Waals surface area contributed by atoms with Gasteiger partial charge in [0, 0.05) is 39.3 Å². The number of hydrogen-bond acceptors (Lipinski definition) is 4. The standard InChI is InChI=1S/C18H29N3O5S/c1-20-14-15(27(25,26)21-11-7-4-8-12-21)13-16(20)18(24)19-10-6-3-2-5-9-17(22)23/h13-14H,2-12H2,1H3,(H,19,24)(H,22,23). The molecule has 0 saturated carbocycles. The minimum Gasteiger partial charge on any atom is -0.481 e. The zero-order valence-corrected chi connectivity index (χ0v) is 16.6. The maximum Gasteiger partial charge on any atom is 0.303 e. The second-order valence-electron chi connectivity index (χ2n) is 6.95. The number of sulfonamides is 1. The molecule has 1 amide bonds. The predicted octanol–water partition coefficient (Wildman–Crippen LogP) is 1.96. The van der Waals surface area contributed by atoms with E-state index in [1.807, 2.05) is 0 Å². The van der Waals surface area contributed by atoms with Crippen LogP contribution in [0.1, 0.15) is 61.9 Å². The second kappa shape index (κ2) is 9.89. The van der Waals surface area contributed by atoms with Crippen LogP contribution in [0.5, 0.6) is 0 Å². The van der Waals surface area contributed by atoms with Crippen molar-refractivity contribution in [3.8, 4) is 0 Å². The molecule has 27 heavy (non-hydrogen) atoms. The molecule has 0 radical (unpaired) electrons. The molecule has 1 aromatic heterocycles. The maximum atomic E-state index is 12.7. The van der Waals surface area contributed by atoms with Gasteiger partial charge in [0.15, 0.2) is 0 Å². The Balaban J connectivity index is 1.86. The number of carbonyl (C=O) groups is 2. The molecule has 0 unspecified atom stereocenters. The third kappa shape index (κ3) is 6.07. The normalized spacial score (nSPS) is 15.6. The molecule has 0 bridgehead atoms. The van der Waals surface area contributed by atoms with Gasteiger partial charge in [0.2, 0.25) is 10.0 Å². The number of nitrogens with zero attached hydrogens (tertiary/aromatic N) is 2. The Hall–Kier alpha value is -1.87. The lowest BCUT2D eigenvalue weighted by atomic mass is 10.1. The summed E-state index contributed by atoms with van der Waals surface area (Å²) in [6, 6.07) is 1.44. The number of aliphatic carboxylic acids is 1. The van der Waals surface area contributed by atoms with E-state index >= 15 is 0 Å². The van der Waals surface area contributed by atoms with Crippen molar-refractivity contribution in [1.82, 2.24) is 14.2 Å². The molecule has 0 spiro atoms. The van der Waals surface area contributed by atoms with Gasteiger partial charge < -0.3 is 15.0 Å². The summed E-state index contributed by atoms with van der Waals surface area (Å²) >= 11 is 0. The highest BCUT2D eigenvalue weighted by Crippen LogP contribution is 2.22. The SMILES string of the molecule is Cn1cc(S(=O)(=O)N2CCCCC2)cc1C(=O)NCCCCCCC(=O)O. The highest BCUT2D eigenvalue weighted by Gasteiger charge is 2.28. The number of carbonyl (C=O) groups excluding carboxylic acids is 1. The minimum atomic E-state index is -3.56. The molecule has 1 aliphatic heterocycles. The number of nitrogens with one attached hydrogen (secondary N) is 1. The summed E-state index contributed by atoms with van der Waals surface area (Å²) in [5.41, 5.74) is 0.316. The largest absolute Gasteiger partial charge is 0.481 e. The number of piperidine rings is 1. The minimum absolute atomic E-state index is 0.158. The molecule has 2 heterocycles. The number of amides is 1. The van der Waals surface area contributed by atoms with Gasteiger partial charge in [0.1, 0.15) is 10.6 Å². The van der Waals surface area contributed by atoms with Crippen LogP contribution >= 0.6 is 0 Å². The van der Waals surface area contributed by atoms with Gasteiger partial charge in [-0.15, -0.1) is 0 Å². The Kier molecular flexibility index (Phi) is 7.85. The lowest BCUT2D eigenvalue weighted by Gasteiger charge is -2.25. The van der Waals surface area contributed by atoms with Gasteiger partial charge in [0.05, 0.1) is 0 Å². The summed E-state index contributed by atoms with van der Waals surface area (Å²) < 4.78 is 28.5. The molecular weight excluding hydrogens is 370 g/mol. The van der Waals surface area contributed by atoms with E-state index < -0.39 is 16.0 Å². The van der Waals surface area contributed by atoms with Gasteiger partial charge >= 0.3 is 5.97 Å². The molecule has 0 aromatic carbocycles. The van der Waals surface area contributed by atoms with Crippen molar-refractivity contribution in [2.45, 2.75) is 56.3 Å². The summed E-state index contributed by atoms with van der Waals surface area (Å²) in [5, 5.41) is 11.4. The molecule has 1 aliphatic rings. The van der Waals surface area contributed by atoms with Crippen LogP contribution in [0.15, 0.2) is 17.2 Å². The number of unbranched alkanes of at least 4 members (excludes halogenated alkanes) is 3. The Morgan fingerprint density at radius 1 is 1.11 bits per heavy atom. The first-order valence-corrected chi connectivity index (χ1v) is 10.9. The van der Waals surface area contributed by atoms with E-state index in [0.717, 1.165) is 38.5 Å². The molecule has 0 atom stereocenters. The van der Waals surface area contributed by atoms with E-state index in [1.54, 1.807) is 11.6 Å². The van der Waals surface area contributed by atoms with Crippen molar-refractivity contribution >= 4 is 21.9 Å². The summed E-state index contributed by atoms with van der Waals surface area (Å²) in [6.07, 6.45) is 7.49. The molecule has 8 nitrogen and oxygen atoms in total. The number of aryl methyl sites for hydroxylation is 1. The van der Waals surface area contributed by atoms with E-state index in [4.69, 9.17) is 5.11 Å². The molecule has 1 aromatic rings. The van der Waals surface area contributed by atoms with Crippen LogP contribution in [0, 0.1) is 0 Å². The van der Waals surface area contributed by atoms with Crippen molar-refractivity contribution in [3.63, 3.8) is 0 Å². The monoisotopic (exact) mass is 399 g/mol. The van der Waals surface area contributed by atoms with E-state index in [1.165, 1.54) is 16.6 Å². The van der Waals surface area contributed by atoms with E-state index in [-0.39, 0.29) is 17.2 Å². The molecule has 1 saturated heterocycles. The summed E-state index contributed by atoms with van der Waals surface area (Å²) in [6.45, 7) is 1.53. The molecule has 0 aliphatic carbocycles. The van der Waals surface area contributed by atoms with Crippen molar-refractivity contribution in [1.29, 1.82) is 0 Å². The number of aromatic nitrogens is 1. The fourth-order valence-electron chi connectivity index (χ4n) is 3.20. The number of hydrogen-bond donors (Lipinski definition) is 2. The van der Waals surface area contributed by atoms with Crippen molar-refractivity contribution < 1.29 is 23.1 Å². The van der Waals surface area contributed by atoms with E-state index in [2.05, 4.69) is 5.32 Å². The molecule has 9 heteroatoms. The second-order valence-corrected chi connectivity index (χ2v) is 8.89. The van der Waals surface area contributed by atoms with Crippen molar-refractivity contribution in [3.05, 3.63) is 18.0 Å². The van der Waals surface area contributed by atoms with Crippen molar-refractivity contribution in [2.24, 2.45) is 7.05 Å². The maximum absolute atomic E-state index is 12.7. The van der Waals surface area contributed by atoms with Gasteiger partial charge in [-0.3, -0.25) is 9.59 Å². The Morgan fingerprint density at radius 2 is 1.78 bits per heavy atom. The first-order valence-electron chi connectivity index (χ1n) is 9.49. The fraction of sp³-hybridized carbons (Fsp3) is 0.667. The van der Waals surface area contributed by atoms with Crippen LogP contribution in [0.2, 0.25) is 0 Å². The quantitative estimate of drug-likeness (QED) is 0.585. The fourth-order valence-corrected chi connectivity index (χ4v) is 4.79. The first kappa shape index (κ1) is 21.4. The van der Waals surface area contributed by atoms with Gasteiger partial charge in [-0.05, 0) is 31.7 Å². The number of rotatable bonds is 10. The van der Waals surface area contributed by atoms with Crippen LogP contribution in [0.25, 0.3) is 0 Å². The summed E-state index contributed by atoms with van der Waals surface area (Å²) in [5.74, 6) is -1.09. The average Bonchev–Trinajstić information content (AvgIpc) is 3.04. The number of carboxylic acid groups (broad SMARTS) is 1. The number of carboxylic acids is 1. The highest BCUT2D eigenvalue weighted by atomic mass is 32.2. The molecule has 152 valence electrons. The zero-order chi connectivity index (χ0) is 19.9. The molecule has 2 N–H and O–H groups in total. The van der Waals surface area contributed by atoms with Crippen LogP contribution in [0.4, 0.5) is 0 Å². The van der Waals surface area contributed by atoms with Crippen LogP contribution in [0.3, 0.4) is 0 Å². The lowest BCUT2D eigenvalue weighted by molar-refractivity contribution is -0.137. The predicted molar refractivity (Wildman–Crippen MR) is 101 cm³/mol. The van der Waals surface area contributed by atoms with Gasteiger partial charge in [-0.2, -0.15) is 4.31 Å². The first-order chi connectivity index (χ1) is 12.8. The highest BCUT2D eigenvalue weighted by molar-refractivity contribution is 7.89. The summed E-state index contributed by atoms with van der Waals surface area (Å²) in [7, 11) is -1.89. The average molecular weight is 400 g/mol. The topological polar surface area (TPSA) is 109 Å². The smallest absolute Gasteiger partial charge is 0.303 e. The van der Waals surface area contributed by atoms with Crippen LogP contribution in [-0.4, -0.2) is 53.9 Å². The summed E-state index contributed by atoms with van der Waals surface area (Å²) in [4.78, 5) is 22.9. The molecule has 1 fully saturated rings. The molecule has 2 rings (SSSR count). The molecular formula is C18H29N3O5S. The van der Waals surface area contributed by atoms with Crippen LogP contribution in [-0.2, 0) is 21.9 Å². The van der Waals surface area contributed by atoms with E-state index in [0.29, 0.717) is 31.7 Å². The van der Waals surface area contributed by atoms with E-state index in [9.17, 15) is 18.0 Å². The van der Waals surface area contributed by atoms with Gasteiger partial charge in [-0.1, -0.05) is 19.3 Å². The Labute approximate surface area is 160 Å². The lowest BCUT2D eigenvalue weighted by Crippen LogP contribution is -2.35. The Morgan fingerprint density at radius 3 is 2.44 bits per heavy atom. The van der Waals surface area contributed by atoms with Gasteiger partial charge in [-0.25, -0.2) is 8.42 Å². The zero-order valence-electron chi connectivity index (χ0n) is 15.8. The Bertz CT molecular complexity index is 751. The van der Waals surface area contributed by atoms with Crippen molar-refractivity contribution in [2.75, 3.05) is 19.6 Å². The van der Waals surface area contributed by atoms with Gasteiger partial charge in [0.25, 0.3) is 5.91 Å². The van der Waals surface area contributed by atoms with Crippen LogP contribution < -0.4 is 5.32 Å². The third-order valence-electron chi connectivity index (χ3n) is 4.77. The third-order valence-corrected chi connectivity index (χ3v) is 6.63.